The van der Waals surface area contributed by atoms with E-state index in [-0.39, 0.29) is 5.91 Å². The summed E-state index contributed by atoms with van der Waals surface area (Å²) < 4.78 is 5.58. The van der Waals surface area contributed by atoms with Gasteiger partial charge in [-0.25, -0.2) is 4.98 Å². The number of hydrogen-bond donors (Lipinski definition) is 1. The first-order valence-corrected chi connectivity index (χ1v) is 9.16. The van der Waals surface area contributed by atoms with Gasteiger partial charge in [-0.15, -0.1) is 22.7 Å². The van der Waals surface area contributed by atoms with Crippen LogP contribution in [0.2, 0.25) is 0 Å². The zero-order valence-electron chi connectivity index (χ0n) is 12.9. The van der Waals surface area contributed by atoms with Gasteiger partial charge in [-0.1, -0.05) is 18.2 Å². The molecule has 0 saturated heterocycles. The molecule has 120 valence electrons. The zero-order chi connectivity index (χ0) is 16.5. The third kappa shape index (κ3) is 2.98. The summed E-state index contributed by atoms with van der Waals surface area (Å²) in [4.78, 5) is 18.9. The summed E-state index contributed by atoms with van der Waals surface area (Å²) in [6.45, 7) is 2.47. The number of thiophene rings is 1. The van der Waals surface area contributed by atoms with E-state index < -0.39 is 0 Å². The molecule has 4 rings (SSSR count). The summed E-state index contributed by atoms with van der Waals surface area (Å²) in [5.41, 5.74) is 1.72. The van der Waals surface area contributed by atoms with Gasteiger partial charge in [0.1, 0.15) is 5.58 Å². The van der Waals surface area contributed by atoms with Crippen LogP contribution in [-0.4, -0.2) is 10.9 Å². The topological polar surface area (TPSA) is 55.1 Å². The Hall–Kier alpha value is -2.44. The Morgan fingerprint density at radius 3 is 2.92 bits per heavy atom. The first kappa shape index (κ1) is 15.1. The molecule has 0 bridgehead atoms. The van der Waals surface area contributed by atoms with Crippen LogP contribution in [0.3, 0.4) is 0 Å². The molecule has 0 saturated carbocycles. The molecule has 1 N–H and O–H groups in total. The summed E-state index contributed by atoms with van der Waals surface area (Å²) in [6.07, 6.45) is 0. The highest BCUT2D eigenvalue weighted by molar-refractivity contribution is 7.16. The first-order valence-electron chi connectivity index (χ1n) is 7.47. The van der Waals surface area contributed by atoms with Crippen LogP contribution in [0.25, 0.3) is 21.5 Å². The minimum atomic E-state index is -0.203. The molecule has 6 heteroatoms. The van der Waals surface area contributed by atoms with Crippen LogP contribution in [0.15, 0.2) is 52.3 Å². The van der Waals surface area contributed by atoms with Gasteiger partial charge >= 0.3 is 0 Å². The second-order valence-corrected chi connectivity index (χ2v) is 7.58. The molecule has 4 aromatic rings. The molecular formula is C18H14N2O2S2. The van der Waals surface area contributed by atoms with Gasteiger partial charge in [-0.3, -0.25) is 4.79 Å². The van der Waals surface area contributed by atoms with E-state index in [2.05, 4.69) is 15.7 Å². The average molecular weight is 354 g/mol. The van der Waals surface area contributed by atoms with E-state index in [1.807, 2.05) is 43.3 Å². The number of nitrogens with one attached hydrogen (secondary N) is 1. The van der Waals surface area contributed by atoms with Gasteiger partial charge in [0, 0.05) is 15.6 Å². The minimum Gasteiger partial charge on any atom is -0.451 e. The standard InChI is InChI=1S/C18H14N2O2S2/c1-11-20-14(10-23-11)17-7-6-13(24-17)9-19-18(21)16-8-12-4-2-3-5-15(12)22-16/h2-8,10H,9H2,1H3,(H,19,21). The number of benzene rings is 1. The Morgan fingerprint density at radius 2 is 2.12 bits per heavy atom. The summed E-state index contributed by atoms with van der Waals surface area (Å²) in [6, 6.07) is 13.4. The van der Waals surface area contributed by atoms with Gasteiger partial charge < -0.3 is 9.73 Å². The number of hydrogen-bond acceptors (Lipinski definition) is 5. The number of para-hydroxylation sites is 1. The largest absolute Gasteiger partial charge is 0.451 e. The number of fused-ring (bicyclic) bond motifs is 1. The van der Waals surface area contributed by atoms with Crippen molar-refractivity contribution >= 4 is 39.5 Å². The number of amides is 1. The van der Waals surface area contributed by atoms with Gasteiger partial charge in [-0.2, -0.15) is 0 Å². The van der Waals surface area contributed by atoms with Crippen molar-refractivity contribution in [3.8, 4) is 10.6 Å². The van der Waals surface area contributed by atoms with Crippen molar-refractivity contribution in [1.29, 1.82) is 0 Å². The molecule has 1 aromatic carbocycles. The van der Waals surface area contributed by atoms with E-state index in [4.69, 9.17) is 4.42 Å². The lowest BCUT2D eigenvalue weighted by Gasteiger charge is -2.00. The molecule has 3 aromatic heterocycles. The summed E-state index contributed by atoms with van der Waals surface area (Å²) in [7, 11) is 0. The van der Waals surface area contributed by atoms with E-state index >= 15 is 0 Å². The molecule has 4 nitrogen and oxygen atoms in total. The lowest BCUT2D eigenvalue weighted by molar-refractivity contribution is 0.0925. The van der Waals surface area contributed by atoms with E-state index in [0.29, 0.717) is 12.3 Å². The number of nitrogens with zero attached hydrogens (tertiary/aromatic N) is 1. The molecule has 24 heavy (non-hydrogen) atoms. The van der Waals surface area contributed by atoms with Crippen molar-refractivity contribution in [2.75, 3.05) is 0 Å². The third-order valence-electron chi connectivity index (χ3n) is 3.61. The SMILES string of the molecule is Cc1nc(-c2ccc(CNC(=O)c3cc4ccccc4o3)s2)cs1. The van der Waals surface area contributed by atoms with Crippen LogP contribution in [0.5, 0.6) is 0 Å². The Kier molecular flexibility index (Phi) is 3.92. The lowest BCUT2D eigenvalue weighted by atomic mass is 10.2. The monoisotopic (exact) mass is 354 g/mol. The predicted octanol–water partition coefficient (Wildman–Crippen LogP) is 4.86. The normalized spacial score (nSPS) is 11.0. The Labute approximate surface area is 146 Å². The quantitative estimate of drug-likeness (QED) is 0.569. The maximum Gasteiger partial charge on any atom is 0.287 e. The van der Waals surface area contributed by atoms with Crippen LogP contribution in [-0.2, 0) is 6.54 Å². The Morgan fingerprint density at radius 1 is 1.25 bits per heavy atom. The molecule has 0 aliphatic carbocycles. The summed E-state index contributed by atoms with van der Waals surface area (Å²) >= 11 is 3.28. The average Bonchev–Trinajstić information content (AvgIpc) is 3.31. The van der Waals surface area contributed by atoms with Crippen LogP contribution in [0.1, 0.15) is 20.4 Å². The van der Waals surface area contributed by atoms with Gasteiger partial charge in [0.2, 0.25) is 0 Å². The minimum absolute atomic E-state index is 0.203. The number of rotatable bonds is 4. The highest BCUT2D eigenvalue weighted by Gasteiger charge is 2.12. The molecule has 0 spiro atoms. The highest BCUT2D eigenvalue weighted by Crippen LogP contribution is 2.29. The fourth-order valence-electron chi connectivity index (χ4n) is 2.44. The van der Waals surface area contributed by atoms with Crippen molar-refractivity contribution in [3.05, 3.63) is 63.5 Å². The highest BCUT2D eigenvalue weighted by atomic mass is 32.1. The van der Waals surface area contributed by atoms with Crippen LogP contribution < -0.4 is 5.32 Å². The second-order valence-electron chi connectivity index (χ2n) is 5.35. The van der Waals surface area contributed by atoms with Gasteiger partial charge in [0.15, 0.2) is 5.76 Å². The number of carbonyl (C=O) groups excluding carboxylic acids is 1. The molecule has 0 fully saturated rings. The summed E-state index contributed by atoms with van der Waals surface area (Å²) in [5.74, 6) is 0.133. The maximum absolute atomic E-state index is 12.3. The van der Waals surface area contributed by atoms with Gasteiger partial charge in [0.05, 0.1) is 22.1 Å². The summed E-state index contributed by atoms with van der Waals surface area (Å²) in [5, 5.41) is 6.94. The lowest BCUT2D eigenvalue weighted by Crippen LogP contribution is -2.21. The van der Waals surface area contributed by atoms with Gasteiger partial charge in [0.25, 0.3) is 5.91 Å². The van der Waals surface area contributed by atoms with Crippen LogP contribution in [0.4, 0.5) is 0 Å². The van der Waals surface area contributed by atoms with Crippen molar-refractivity contribution < 1.29 is 9.21 Å². The van der Waals surface area contributed by atoms with E-state index in [1.165, 1.54) is 0 Å². The predicted molar refractivity (Wildman–Crippen MR) is 97.5 cm³/mol. The molecule has 0 aliphatic heterocycles. The van der Waals surface area contributed by atoms with Crippen molar-refractivity contribution in [3.63, 3.8) is 0 Å². The number of thiazole rings is 1. The Balaban J connectivity index is 1.44. The molecular weight excluding hydrogens is 340 g/mol. The van der Waals surface area contributed by atoms with E-state index in [9.17, 15) is 4.79 Å². The smallest absolute Gasteiger partial charge is 0.287 e. The number of aryl methyl sites for hydroxylation is 1. The molecule has 0 atom stereocenters. The fourth-order valence-corrected chi connectivity index (χ4v) is 4.03. The van der Waals surface area contributed by atoms with Crippen molar-refractivity contribution in [2.24, 2.45) is 0 Å². The first-order chi connectivity index (χ1) is 11.7. The zero-order valence-corrected chi connectivity index (χ0v) is 14.5. The fraction of sp³-hybridized carbons (Fsp3) is 0.111. The van der Waals surface area contributed by atoms with Crippen LogP contribution >= 0.6 is 22.7 Å². The Bertz CT molecular complexity index is 980. The molecule has 1 amide bonds. The third-order valence-corrected chi connectivity index (χ3v) is 5.49. The molecule has 0 aliphatic rings. The molecule has 0 radical (unpaired) electrons. The number of furan rings is 1. The molecule has 3 heterocycles. The van der Waals surface area contributed by atoms with Crippen molar-refractivity contribution in [2.45, 2.75) is 13.5 Å². The number of carbonyl (C=O) groups is 1. The number of aromatic nitrogens is 1. The van der Waals surface area contributed by atoms with Gasteiger partial charge in [-0.05, 0) is 31.2 Å². The van der Waals surface area contributed by atoms with E-state index in [0.717, 1.165) is 31.4 Å². The maximum atomic E-state index is 12.3. The van der Waals surface area contributed by atoms with Crippen LogP contribution in [0, 0.1) is 6.92 Å². The second kappa shape index (κ2) is 6.22. The van der Waals surface area contributed by atoms with Crippen molar-refractivity contribution in [1.82, 2.24) is 10.3 Å². The molecule has 0 unspecified atom stereocenters. The van der Waals surface area contributed by atoms with E-state index in [1.54, 1.807) is 28.7 Å².